The second-order valence-corrected chi connectivity index (χ2v) is 5.77. The molecule has 0 saturated carbocycles. The number of nitrogens with zero attached hydrogens (tertiary/aromatic N) is 2. The van der Waals surface area contributed by atoms with Crippen LogP contribution < -0.4 is 0 Å². The topological polar surface area (TPSA) is 46.0 Å². The number of hydrogen-bond acceptors (Lipinski definition) is 4. The van der Waals surface area contributed by atoms with Gasteiger partial charge in [0.05, 0.1) is 21.7 Å². The fraction of sp³-hybridized carbons (Fsp3) is 0.385. The van der Waals surface area contributed by atoms with Gasteiger partial charge in [0.25, 0.3) is 0 Å². The number of aliphatic hydroxyl groups is 1. The van der Waals surface area contributed by atoms with Gasteiger partial charge in [-0.25, -0.2) is 4.39 Å². The first-order valence-electron chi connectivity index (χ1n) is 5.93. The van der Waals surface area contributed by atoms with Crippen LogP contribution in [0.4, 0.5) is 4.39 Å². The van der Waals surface area contributed by atoms with Crippen molar-refractivity contribution in [3.63, 3.8) is 0 Å². The van der Waals surface area contributed by atoms with Gasteiger partial charge in [0.2, 0.25) is 0 Å². The molecule has 102 valence electrons. The minimum Gasteiger partial charge on any atom is -0.387 e. The minimum atomic E-state index is -0.767. The van der Waals surface area contributed by atoms with Crippen molar-refractivity contribution in [2.24, 2.45) is 0 Å². The third-order valence-electron chi connectivity index (χ3n) is 2.83. The van der Waals surface area contributed by atoms with Crippen LogP contribution in [-0.4, -0.2) is 14.7 Å². The van der Waals surface area contributed by atoms with Crippen molar-refractivity contribution in [2.45, 2.75) is 32.3 Å². The Balaban J connectivity index is 2.23. The highest BCUT2D eigenvalue weighted by Crippen LogP contribution is 2.30. The molecule has 1 atom stereocenters. The van der Waals surface area contributed by atoms with Crippen LogP contribution in [0.3, 0.4) is 0 Å². The monoisotopic (exact) mass is 300 g/mol. The Hall–Kier alpha value is -1.04. The fourth-order valence-electron chi connectivity index (χ4n) is 1.84. The number of hydrogen-bond donors (Lipinski definition) is 1. The lowest BCUT2D eigenvalue weighted by atomic mass is 10.0. The highest BCUT2D eigenvalue weighted by Gasteiger charge is 2.20. The van der Waals surface area contributed by atoms with Crippen LogP contribution in [0.5, 0.6) is 0 Å². The van der Waals surface area contributed by atoms with Gasteiger partial charge in [0, 0.05) is 6.42 Å². The predicted molar refractivity (Wildman–Crippen MR) is 74.1 cm³/mol. The summed E-state index contributed by atoms with van der Waals surface area (Å²) < 4.78 is 17.2. The molecule has 1 N–H and O–H groups in total. The molecule has 1 unspecified atom stereocenters. The molecule has 1 heterocycles. The lowest BCUT2D eigenvalue weighted by Crippen LogP contribution is -2.05. The second-order valence-electron chi connectivity index (χ2n) is 4.61. The molecular weight excluding hydrogens is 287 g/mol. The first-order chi connectivity index (χ1) is 9.00. The second kappa shape index (κ2) is 5.94. The largest absolute Gasteiger partial charge is 0.387 e. The Morgan fingerprint density at radius 3 is 2.84 bits per heavy atom. The smallest absolute Gasteiger partial charge is 0.142 e. The zero-order valence-corrected chi connectivity index (χ0v) is 12.2. The van der Waals surface area contributed by atoms with Gasteiger partial charge in [-0.15, -0.1) is 5.10 Å². The maximum atomic E-state index is 13.3. The van der Waals surface area contributed by atoms with Crippen molar-refractivity contribution in [1.29, 1.82) is 0 Å². The maximum absolute atomic E-state index is 13.3. The molecule has 3 nitrogen and oxygen atoms in total. The molecule has 0 bridgehead atoms. The molecule has 1 aromatic heterocycles. The Morgan fingerprint density at radius 1 is 1.42 bits per heavy atom. The molecule has 2 rings (SSSR count). The average Bonchev–Trinajstić information content (AvgIpc) is 2.84. The molecule has 2 aromatic rings. The standard InChI is InChI=1S/C13H14ClFN2OS/c1-7(2)12-13(19-17-16-12)10(18)6-8-4-3-5-9(15)11(8)14/h3-5,7,10,18H,6H2,1-2H3. The highest BCUT2D eigenvalue weighted by molar-refractivity contribution is 7.05. The quantitative estimate of drug-likeness (QED) is 0.936. The van der Waals surface area contributed by atoms with Gasteiger partial charge < -0.3 is 5.11 Å². The summed E-state index contributed by atoms with van der Waals surface area (Å²) in [5.41, 5.74) is 1.36. The molecule has 0 saturated heterocycles. The third kappa shape index (κ3) is 3.11. The van der Waals surface area contributed by atoms with E-state index < -0.39 is 11.9 Å². The van der Waals surface area contributed by atoms with E-state index in [1.807, 2.05) is 13.8 Å². The van der Waals surface area contributed by atoms with Crippen LogP contribution in [0.1, 0.15) is 42.0 Å². The van der Waals surface area contributed by atoms with E-state index in [-0.39, 0.29) is 17.4 Å². The number of halogens is 2. The molecule has 0 spiro atoms. The van der Waals surface area contributed by atoms with Gasteiger partial charge in [-0.05, 0) is 29.1 Å². The van der Waals surface area contributed by atoms with Crippen molar-refractivity contribution in [1.82, 2.24) is 9.59 Å². The van der Waals surface area contributed by atoms with E-state index in [1.54, 1.807) is 12.1 Å². The molecule has 0 fully saturated rings. The first-order valence-corrected chi connectivity index (χ1v) is 7.09. The maximum Gasteiger partial charge on any atom is 0.142 e. The average molecular weight is 301 g/mol. The SMILES string of the molecule is CC(C)c1nnsc1C(O)Cc1cccc(F)c1Cl. The summed E-state index contributed by atoms with van der Waals surface area (Å²) in [4.78, 5) is 0.718. The molecule has 0 aliphatic heterocycles. The van der Waals surface area contributed by atoms with Crippen LogP contribution in [0.25, 0.3) is 0 Å². The van der Waals surface area contributed by atoms with Gasteiger partial charge in [-0.2, -0.15) is 0 Å². The van der Waals surface area contributed by atoms with Gasteiger partial charge in [0.15, 0.2) is 0 Å². The molecule has 19 heavy (non-hydrogen) atoms. The number of aromatic nitrogens is 2. The Morgan fingerprint density at radius 2 is 2.16 bits per heavy atom. The number of benzene rings is 1. The van der Waals surface area contributed by atoms with Crippen LogP contribution >= 0.6 is 23.1 Å². The lowest BCUT2D eigenvalue weighted by Gasteiger charge is -2.12. The van der Waals surface area contributed by atoms with Crippen molar-refractivity contribution in [3.8, 4) is 0 Å². The highest BCUT2D eigenvalue weighted by atomic mass is 35.5. The molecule has 6 heteroatoms. The van der Waals surface area contributed by atoms with Crippen LogP contribution in [0.2, 0.25) is 5.02 Å². The Bertz CT molecular complexity index is 574. The van der Waals surface area contributed by atoms with Crippen molar-refractivity contribution >= 4 is 23.1 Å². The lowest BCUT2D eigenvalue weighted by molar-refractivity contribution is 0.180. The van der Waals surface area contributed by atoms with Gasteiger partial charge in [-0.1, -0.05) is 42.1 Å². The number of rotatable bonds is 4. The Labute approximate surface area is 120 Å². The van der Waals surface area contributed by atoms with E-state index in [1.165, 1.54) is 17.6 Å². The summed E-state index contributed by atoms with van der Waals surface area (Å²) >= 11 is 7.05. The molecular formula is C13H14ClFN2OS. The van der Waals surface area contributed by atoms with Crippen molar-refractivity contribution in [3.05, 3.63) is 45.2 Å². The van der Waals surface area contributed by atoms with E-state index >= 15 is 0 Å². The van der Waals surface area contributed by atoms with Crippen molar-refractivity contribution < 1.29 is 9.50 Å². The summed E-state index contributed by atoms with van der Waals surface area (Å²) in [6, 6.07) is 4.59. The van der Waals surface area contributed by atoms with Crippen LogP contribution in [0.15, 0.2) is 18.2 Å². The van der Waals surface area contributed by atoms with Crippen molar-refractivity contribution in [2.75, 3.05) is 0 Å². The minimum absolute atomic E-state index is 0.0603. The first kappa shape index (κ1) is 14.4. The molecule has 0 radical (unpaired) electrons. The summed E-state index contributed by atoms with van der Waals surface area (Å²) in [7, 11) is 0. The van der Waals surface area contributed by atoms with Crippen LogP contribution in [-0.2, 0) is 6.42 Å². The summed E-state index contributed by atoms with van der Waals surface area (Å²) in [6.45, 7) is 3.98. The molecule has 1 aromatic carbocycles. The van der Waals surface area contributed by atoms with E-state index in [2.05, 4.69) is 9.59 Å². The fourth-order valence-corrected chi connectivity index (χ4v) is 2.84. The summed E-state index contributed by atoms with van der Waals surface area (Å²) in [6.07, 6.45) is -0.517. The molecule has 0 aliphatic rings. The summed E-state index contributed by atoms with van der Waals surface area (Å²) in [5, 5.41) is 14.3. The van der Waals surface area contributed by atoms with Gasteiger partial charge in [0.1, 0.15) is 5.82 Å². The van der Waals surface area contributed by atoms with Gasteiger partial charge >= 0.3 is 0 Å². The Kier molecular flexibility index (Phi) is 4.50. The normalized spacial score (nSPS) is 12.9. The third-order valence-corrected chi connectivity index (χ3v) is 4.10. The van der Waals surface area contributed by atoms with Gasteiger partial charge in [-0.3, -0.25) is 0 Å². The van der Waals surface area contributed by atoms with Crippen LogP contribution in [0, 0.1) is 5.82 Å². The van der Waals surface area contributed by atoms with E-state index in [9.17, 15) is 9.50 Å². The number of aliphatic hydroxyl groups excluding tert-OH is 1. The van der Waals surface area contributed by atoms with E-state index in [4.69, 9.17) is 11.6 Å². The van der Waals surface area contributed by atoms with E-state index in [0.29, 0.717) is 5.56 Å². The van der Waals surface area contributed by atoms with E-state index in [0.717, 1.165) is 10.6 Å². The zero-order valence-electron chi connectivity index (χ0n) is 10.6. The summed E-state index contributed by atoms with van der Waals surface area (Å²) in [5.74, 6) is -0.288. The molecule has 0 amide bonds. The predicted octanol–water partition coefficient (Wildman–Crippen LogP) is 3.73. The molecule has 0 aliphatic carbocycles. The zero-order chi connectivity index (χ0) is 14.0.